The molecule has 0 aliphatic heterocycles. The zero-order valence-electron chi connectivity index (χ0n) is 30.0. The molecule has 2 nitrogen and oxygen atoms in total. The van der Waals surface area contributed by atoms with E-state index in [9.17, 15) is 0 Å². The average molecular weight is 637 g/mol. The van der Waals surface area contributed by atoms with Crippen molar-refractivity contribution in [2.45, 2.75) is 61.8 Å². The van der Waals surface area contributed by atoms with Gasteiger partial charge in [-0.3, -0.25) is 0 Å². The van der Waals surface area contributed by atoms with Gasteiger partial charge in [-0.2, -0.15) is 0 Å². The first-order valence-corrected chi connectivity index (χ1v) is 17.8. The molecule has 5 aliphatic carbocycles. The van der Waals surface area contributed by atoms with E-state index in [-0.39, 0.29) is 21.7 Å². The molecule has 0 radical (unpaired) electrons. The van der Waals surface area contributed by atoms with E-state index in [1.54, 1.807) is 0 Å². The number of allylic oxidation sites excluding steroid dienone is 4. The second-order valence-electron chi connectivity index (χ2n) is 17.3. The summed E-state index contributed by atoms with van der Waals surface area (Å²) < 4.78 is 0. The van der Waals surface area contributed by atoms with Crippen molar-refractivity contribution in [3.8, 4) is 11.1 Å². The maximum absolute atomic E-state index is 5.52. The van der Waals surface area contributed by atoms with Gasteiger partial charge in [0.15, 0.2) is 0 Å². The maximum Gasteiger partial charge on any atom is 0.0782 e. The first-order chi connectivity index (χ1) is 23.1. The third-order valence-electron chi connectivity index (χ3n) is 10.8. The molecule has 2 aromatic carbocycles. The molecular weight excluding hydrogens is 593 g/mol. The minimum atomic E-state index is -0.152. The largest absolute Gasteiger partial charge is 0.247 e. The highest BCUT2D eigenvalue weighted by Crippen LogP contribution is 2.47. The van der Waals surface area contributed by atoms with Crippen LogP contribution in [0.3, 0.4) is 0 Å². The number of rotatable bonds is 2. The molecule has 242 valence electrons. The monoisotopic (exact) mass is 636 g/mol. The van der Waals surface area contributed by atoms with Gasteiger partial charge in [0.1, 0.15) is 0 Å². The molecule has 0 fully saturated rings. The van der Waals surface area contributed by atoms with E-state index < -0.39 is 0 Å². The maximum atomic E-state index is 5.52. The van der Waals surface area contributed by atoms with Crippen molar-refractivity contribution < 1.29 is 0 Å². The lowest BCUT2D eigenvalue weighted by atomic mass is 9.75. The van der Waals surface area contributed by atoms with E-state index >= 15 is 0 Å². The van der Waals surface area contributed by atoms with Crippen LogP contribution in [0.2, 0.25) is 0 Å². The lowest BCUT2D eigenvalue weighted by Gasteiger charge is -2.30. The minimum Gasteiger partial charge on any atom is -0.247 e. The fourth-order valence-corrected chi connectivity index (χ4v) is 8.58. The molecule has 0 atom stereocenters. The normalized spacial score (nSPS) is 20.3. The second-order valence-corrected chi connectivity index (χ2v) is 17.3. The molecule has 0 saturated heterocycles. The summed E-state index contributed by atoms with van der Waals surface area (Å²) in [6, 6.07) is 18.4. The van der Waals surface area contributed by atoms with Crippen LogP contribution in [0.5, 0.6) is 0 Å². The van der Waals surface area contributed by atoms with Gasteiger partial charge in [-0.15, -0.1) is 0 Å². The number of pyridine rings is 2. The molecule has 4 aromatic rings. The predicted molar refractivity (Wildman–Crippen MR) is 207 cm³/mol. The highest BCUT2D eigenvalue weighted by molar-refractivity contribution is 5.97. The van der Waals surface area contributed by atoms with E-state index in [0.29, 0.717) is 0 Å². The van der Waals surface area contributed by atoms with Crippen LogP contribution in [0.1, 0.15) is 100 Å². The SMILES string of the molecule is CC1(C)C=C(c2ccc3c(c2C2=CC(C)(C)C=c4cc5c(nc42)=CC(C)(C)C=C5)Cc2ccccc2-3)c2nc3c(cc2=C1)C=CC(C)(C)C=3. The lowest BCUT2D eigenvalue weighted by molar-refractivity contribution is 0.661. The summed E-state index contributed by atoms with van der Waals surface area (Å²) in [5.41, 5.74) is 14.6. The summed E-state index contributed by atoms with van der Waals surface area (Å²) in [7, 11) is 0. The number of hydrogen-bond donors (Lipinski definition) is 0. The van der Waals surface area contributed by atoms with Crippen LogP contribution in [0.15, 0.2) is 72.8 Å². The van der Waals surface area contributed by atoms with Gasteiger partial charge in [-0.25, -0.2) is 9.97 Å². The van der Waals surface area contributed by atoms with Gasteiger partial charge in [-0.1, -0.05) is 140 Å². The summed E-state index contributed by atoms with van der Waals surface area (Å²) in [5, 5.41) is 4.55. The molecule has 0 N–H and O–H groups in total. The van der Waals surface area contributed by atoms with Crippen LogP contribution in [-0.4, -0.2) is 9.97 Å². The second kappa shape index (κ2) is 9.88. The summed E-state index contributed by atoms with van der Waals surface area (Å²) in [6.45, 7) is 18.3. The predicted octanol–water partition coefficient (Wildman–Crippen LogP) is 8.22. The molecule has 0 amide bonds. The molecule has 0 bridgehead atoms. The zero-order valence-corrected chi connectivity index (χ0v) is 30.0. The Morgan fingerprint density at radius 3 is 1.65 bits per heavy atom. The molecule has 0 unspecified atom stereocenters. The lowest BCUT2D eigenvalue weighted by Crippen LogP contribution is -2.32. The topological polar surface area (TPSA) is 25.8 Å². The molecule has 5 aliphatic rings. The Morgan fingerprint density at radius 2 is 1.04 bits per heavy atom. The first-order valence-electron chi connectivity index (χ1n) is 17.8. The van der Waals surface area contributed by atoms with E-state index in [4.69, 9.17) is 9.97 Å². The van der Waals surface area contributed by atoms with E-state index in [1.807, 2.05) is 0 Å². The zero-order chi connectivity index (χ0) is 34.1. The molecule has 0 saturated carbocycles. The number of aromatic nitrogens is 2. The summed E-state index contributed by atoms with van der Waals surface area (Å²) in [5.74, 6) is 0. The average Bonchev–Trinajstić information content (AvgIpc) is 3.39. The molecule has 2 aromatic heterocycles. The highest BCUT2D eigenvalue weighted by atomic mass is 14.7. The first kappa shape index (κ1) is 30.3. The van der Waals surface area contributed by atoms with Crippen molar-refractivity contribution >= 4 is 47.6 Å². The van der Waals surface area contributed by atoms with Crippen molar-refractivity contribution in [2.24, 2.45) is 21.7 Å². The molecule has 0 spiro atoms. The highest BCUT2D eigenvalue weighted by Gasteiger charge is 2.33. The Labute approximate surface area is 290 Å². The van der Waals surface area contributed by atoms with Crippen molar-refractivity contribution in [1.29, 1.82) is 0 Å². The van der Waals surface area contributed by atoms with Gasteiger partial charge >= 0.3 is 0 Å². The van der Waals surface area contributed by atoms with Gasteiger partial charge in [-0.05, 0) is 74.5 Å². The Balaban J connectivity index is 1.36. The van der Waals surface area contributed by atoms with Crippen LogP contribution in [0, 0.1) is 21.7 Å². The minimum absolute atomic E-state index is 0.0371. The Kier molecular flexibility index (Phi) is 6.10. The van der Waals surface area contributed by atoms with Crippen LogP contribution < -0.4 is 21.1 Å². The van der Waals surface area contributed by atoms with Crippen LogP contribution in [0.4, 0.5) is 0 Å². The fraction of sp³-hybridized carbons (Fsp3) is 0.277. The third kappa shape index (κ3) is 4.99. The Bertz CT molecular complexity index is 2560. The van der Waals surface area contributed by atoms with Crippen LogP contribution in [-0.2, 0) is 6.42 Å². The summed E-state index contributed by atoms with van der Waals surface area (Å²) in [6.07, 6.45) is 24.3. The molecular formula is C47H44N2. The van der Waals surface area contributed by atoms with Gasteiger partial charge in [0.2, 0.25) is 0 Å². The molecule has 49 heavy (non-hydrogen) atoms. The summed E-state index contributed by atoms with van der Waals surface area (Å²) >= 11 is 0. The van der Waals surface area contributed by atoms with Gasteiger partial charge in [0.05, 0.1) is 22.1 Å². The quantitative estimate of drug-likeness (QED) is 0.195. The van der Waals surface area contributed by atoms with Gasteiger partial charge in [0, 0.05) is 43.9 Å². The van der Waals surface area contributed by atoms with E-state index in [1.165, 1.54) is 66.1 Å². The Hall–Kier alpha value is -4.82. The van der Waals surface area contributed by atoms with Crippen molar-refractivity contribution in [1.82, 2.24) is 9.97 Å². The molecule has 2 heterocycles. The number of fused-ring (bicyclic) bond motifs is 7. The van der Waals surface area contributed by atoms with Gasteiger partial charge < -0.3 is 0 Å². The standard InChI is InChI=1S/C47H44N2/c1-44(2)17-15-29-19-31-22-46(5,6)24-37(42(31)48-39(29)26-44)35-14-13-34-33-12-10-9-11-28(33)21-36(34)41(35)38-25-47(7,8)23-32-20-30-16-18-45(3,4)27-40(30)49-43(32)38/h9-20,22-27H,21H2,1-8H3. The van der Waals surface area contributed by atoms with Crippen molar-refractivity contribution in [3.05, 3.63) is 139 Å². The number of hydrogen-bond acceptors (Lipinski definition) is 2. The summed E-state index contributed by atoms with van der Waals surface area (Å²) in [4.78, 5) is 11.0. The van der Waals surface area contributed by atoms with Crippen molar-refractivity contribution in [2.75, 3.05) is 0 Å². The number of nitrogens with zero attached hydrogens (tertiary/aromatic N) is 2. The smallest absolute Gasteiger partial charge is 0.0782 e. The third-order valence-corrected chi connectivity index (χ3v) is 10.8. The van der Waals surface area contributed by atoms with E-state index in [2.05, 4.69) is 165 Å². The van der Waals surface area contributed by atoms with Crippen LogP contribution in [0.25, 0.3) is 58.7 Å². The van der Waals surface area contributed by atoms with Gasteiger partial charge in [0.25, 0.3) is 0 Å². The molecule has 2 heteroatoms. The van der Waals surface area contributed by atoms with Crippen LogP contribution >= 0.6 is 0 Å². The molecule has 9 rings (SSSR count). The number of benzene rings is 2. The van der Waals surface area contributed by atoms with E-state index in [0.717, 1.165) is 28.5 Å². The van der Waals surface area contributed by atoms with Crippen molar-refractivity contribution in [3.63, 3.8) is 0 Å². The Morgan fingerprint density at radius 1 is 0.510 bits per heavy atom. The fourth-order valence-electron chi connectivity index (χ4n) is 8.58.